The highest BCUT2D eigenvalue weighted by molar-refractivity contribution is 6.34. The summed E-state index contributed by atoms with van der Waals surface area (Å²) in [6.45, 7) is 2.41. The standard InChI is InChI=1S/C19H15Cl2N3O2/c1-2-24(15-4-3-9-22-12-15)19(25)13-5-8-18(23-11-13)26-17-10-14(20)6-7-16(17)21/h3-12H,2H2,1H3. The Bertz CT molecular complexity index is 902. The molecule has 0 bridgehead atoms. The molecule has 0 aliphatic carbocycles. The van der Waals surface area contributed by atoms with Crippen molar-refractivity contribution in [2.45, 2.75) is 6.92 Å². The van der Waals surface area contributed by atoms with E-state index in [-0.39, 0.29) is 5.91 Å². The molecule has 5 nitrogen and oxygen atoms in total. The summed E-state index contributed by atoms with van der Waals surface area (Å²) in [5.74, 6) is 0.548. The maximum Gasteiger partial charge on any atom is 0.259 e. The van der Waals surface area contributed by atoms with Gasteiger partial charge in [-0.3, -0.25) is 9.78 Å². The third kappa shape index (κ3) is 4.12. The van der Waals surface area contributed by atoms with Crippen molar-refractivity contribution in [3.63, 3.8) is 0 Å². The molecule has 0 atom stereocenters. The lowest BCUT2D eigenvalue weighted by Gasteiger charge is -2.20. The van der Waals surface area contributed by atoms with Gasteiger partial charge in [-0.1, -0.05) is 23.2 Å². The van der Waals surface area contributed by atoms with Crippen LogP contribution in [0.2, 0.25) is 10.0 Å². The minimum Gasteiger partial charge on any atom is -0.437 e. The summed E-state index contributed by atoms with van der Waals surface area (Å²) in [7, 11) is 0. The van der Waals surface area contributed by atoms with Gasteiger partial charge in [0.25, 0.3) is 5.91 Å². The predicted molar refractivity (Wildman–Crippen MR) is 102 cm³/mol. The Balaban J connectivity index is 1.78. The van der Waals surface area contributed by atoms with Crippen LogP contribution < -0.4 is 9.64 Å². The second-order valence-corrected chi connectivity index (χ2v) is 6.17. The summed E-state index contributed by atoms with van der Waals surface area (Å²) >= 11 is 12.0. The largest absolute Gasteiger partial charge is 0.437 e. The van der Waals surface area contributed by atoms with E-state index in [1.54, 1.807) is 53.7 Å². The van der Waals surface area contributed by atoms with Gasteiger partial charge in [0.15, 0.2) is 0 Å². The van der Waals surface area contributed by atoms with Crippen LogP contribution in [0, 0.1) is 0 Å². The fourth-order valence-corrected chi connectivity index (χ4v) is 2.67. The smallest absolute Gasteiger partial charge is 0.259 e. The minimum absolute atomic E-state index is 0.166. The summed E-state index contributed by atoms with van der Waals surface area (Å²) in [4.78, 5) is 22.6. The summed E-state index contributed by atoms with van der Waals surface area (Å²) in [6, 6.07) is 11.8. The van der Waals surface area contributed by atoms with E-state index in [1.165, 1.54) is 6.20 Å². The average Bonchev–Trinajstić information content (AvgIpc) is 2.67. The molecule has 0 radical (unpaired) electrons. The Morgan fingerprint density at radius 1 is 1.15 bits per heavy atom. The molecule has 0 saturated carbocycles. The molecule has 0 aliphatic heterocycles. The highest BCUT2D eigenvalue weighted by atomic mass is 35.5. The van der Waals surface area contributed by atoms with Crippen LogP contribution in [0.5, 0.6) is 11.6 Å². The molecule has 0 unspecified atom stereocenters. The average molecular weight is 388 g/mol. The zero-order chi connectivity index (χ0) is 18.5. The molecule has 0 fully saturated rings. The molecule has 2 aromatic heterocycles. The number of hydrogen-bond donors (Lipinski definition) is 0. The zero-order valence-electron chi connectivity index (χ0n) is 13.9. The van der Waals surface area contributed by atoms with E-state index in [4.69, 9.17) is 27.9 Å². The number of nitrogens with zero attached hydrogens (tertiary/aromatic N) is 3. The van der Waals surface area contributed by atoms with E-state index in [9.17, 15) is 4.79 Å². The number of aromatic nitrogens is 2. The van der Waals surface area contributed by atoms with Gasteiger partial charge in [0, 0.05) is 36.1 Å². The fraction of sp³-hybridized carbons (Fsp3) is 0.105. The quantitative estimate of drug-likeness (QED) is 0.600. The van der Waals surface area contributed by atoms with Crippen LogP contribution >= 0.6 is 23.2 Å². The SMILES string of the molecule is CCN(C(=O)c1ccc(Oc2cc(Cl)ccc2Cl)nc1)c1cccnc1. The van der Waals surface area contributed by atoms with Gasteiger partial charge in [0.1, 0.15) is 5.75 Å². The van der Waals surface area contributed by atoms with Gasteiger partial charge >= 0.3 is 0 Å². The molecule has 1 amide bonds. The summed E-state index contributed by atoms with van der Waals surface area (Å²) in [5.41, 5.74) is 1.17. The van der Waals surface area contributed by atoms with Crippen molar-refractivity contribution in [3.8, 4) is 11.6 Å². The van der Waals surface area contributed by atoms with E-state index in [2.05, 4.69) is 9.97 Å². The third-order valence-corrected chi connectivity index (χ3v) is 4.16. The van der Waals surface area contributed by atoms with E-state index >= 15 is 0 Å². The van der Waals surface area contributed by atoms with Crippen molar-refractivity contribution in [2.24, 2.45) is 0 Å². The number of carbonyl (C=O) groups excluding carboxylic acids is 1. The zero-order valence-corrected chi connectivity index (χ0v) is 15.4. The molecule has 3 rings (SSSR count). The predicted octanol–water partition coefficient (Wildman–Crippen LogP) is 5.24. The van der Waals surface area contributed by atoms with Gasteiger partial charge in [0.2, 0.25) is 5.88 Å². The number of pyridine rings is 2. The topological polar surface area (TPSA) is 55.3 Å². The van der Waals surface area contributed by atoms with Gasteiger partial charge in [0.05, 0.1) is 22.5 Å². The Kier molecular flexibility index (Phi) is 5.71. The first-order valence-electron chi connectivity index (χ1n) is 7.89. The number of amides is 1. The number of rotatable bonds is 5. The summed E-state index contributed by atoms with van der Waals surface area (Å²) in [6.07, 6.45) is 4.78. The van der Waals surface area contributed by atoms with E-state index in [0.29, 0.717) is 33.8 Å². The fourth-order valence-electron chi connectivity index (χ4n) is 2.35. The number of benzene rings is 1. The van der Waals surface area contributed by atoms with Crippen molar-refractivity contribution < 1.29 is 9.53 Å². The highest BCUT2D eigenvalue weighted by Crippen LogP contribution is 2.31. The highest BCUT2D eigenvalue weighted by Gasteiger charge is 2.17. The number of anilines is 1. The molecule has 0 saturated heterocycles. The van der Waals surface area contributed by atoms with Crippen LogP contribution in [-0.2, 0) is 0 Å². The summed E-state index contributed by atoms with van der Waals surface area (Å²) < 4.78 is 5.63. The van der Waals surface area contributed by atoms with Crippen molar-refractivity contribution >= 4 is 34.8 Å². The van der Waals surface area contributed by atoms with Gasteiger partial charge < -0.3 is 9.64 Å². The normalized spacial score (nSPS) is 10.4. The van der Waals surface area contributed by atoms with Gasteiger partial charge in [-0.25, -0.2) is 4.98 Å². The van der Waals surface area contributed by atoms with Crippen molar-refractivity contribution in [2.75, 3.05) is 11.4 Å². The molecule has 132 valence electrons. The van der Waals surface area contributed by atoms with E-state index in [1.807, 2.05) is 13.0 Å². The third-order valence-electron chi connectivity index (χ3n) is 3.61. The van der Waals surface area contributed by atoms with Crippen molar-refractivity contribution in [1.82, 2.24) is 9.97 Å². The lowest BCUT2D eigenvalue weighted by Crippen LogP contribution is -2.30. The number of carbonyl (C=O) groups is 1. The number of halogens is 2. The molecule has 7 heteroatoms. The molecular weight excluding hydrogens is 373 g/mol. The van der Waals surface area contributed by atoms with Crippen molar-refractivity contribution in [1.29, 1.82) is 0 Å². The Labute approximate surface area is 161 Å². The number of ether oxygens (including phenoxy) is 1. The second kappa shape index (κ2) is 8.17. The minimum atomic E-state index is -0.166. The van der Waals surface area contributed by atoms with Crippen LogP contribution in [-0.4, -0.2) is 22.4 Å². The molecule has 0 spiro atoms. The molecule has 26 heavy (non-hydrogen) atoms. The first-order valence-corrected chi connectivity index (χ1v) is 8.65. The van der Waals surface area contributed by atoms with Crippen LogP contribution in [0.4, 0.5) is 5.69 Å². The monoisotopic (exact) mass is 387 g/mol. The van der Waals surface area contributed by atoms with Gasteiger partial charge in [-0.15, -0.1) is 0 Å². The first-order chi connectivity index (χ1) is 12.6. The Morgan fingerprint density at radius 3 is 2.65 bits per heavy atom. The maximum absolute atomic E-state index is 12.7. The van der Waals surface area contributed by atoms with E-state index < -0.39 is 0 Å². The van der Waals surface area contributed by atoms with E-state index in [0.717, 1.165) is 5.69 Å². The molecule has 3 aromatic rings. The second-order valence-electron chi connectivity index (χ2n) is 5.32. The first kappa shape index (κ1) is 18.2. The molecule has 1 aromatic carbocycles. The molecule has 2 heterocycles. The molecular formula is C19H15Cl2N3O2. The van der Waals surface area contributed by atoms with Crippen LogP contribution in [0.3, 0.4) is 0 Å². The summed E-state index contributed by atoms with van der Waals surface area (Å²) in [5, 5.41) is 0.927. The van der Waals surface area contributed by atoms with Crippen LogP contribution in [0.15, 0.2) is 61.1 Å². The Morgan fingerprint density at radius 2 is 2.00 bits per heavy atom. The van der Waals surface area contributed by atoms with Crippen LogP contribution in [0.1, 0.15) is 17.3 Å². The lowest BCUT2D eigenvalue weighted by atomic mass is 10.2. The van der Waals surface area contributed by atoms with Gasteiger partial charge in [-0.05, 0) is 37.3 Å². The van der Waals surface area contributed by atoms with Crippen LogP contribution in [0.25, 0.3) is 0 Å². The van der Waals surface area contributed by atoms with Gasteiger partial charge in [-0.2, -0.15) is 0 Å². The lowest BCUT2D eigenvalue weighted by molar-refractivity contribution is 0.0988. The molecule has 0 N–H and O–H groups in total. The maximum atomic E-state index is 12.7. The molecule has 0 aliphatic rings. The number of hydrogen-bond acceptors (Lipinski definition) is 4. The Hall–Kier alpha value is -2.63. The van der Waals surface area contributed by atoms with Crippen molar-refractivity contribution in [3.05, 3.63) is 76.7 Å².